The number of carbonyl (C=O) groups is 1. The maximum atomic E-state index is 13.2. The van der Waals surface area contributed by atoms with Gasteiger partial charge in [-0.05, 0) is 69.0 Å². The molecule has 0 aliphatic carbocycles. The maximum Gasteiger partial charge on any atom is 0.271 e. The maximum absolute atomic E-state index is 13.2. The Morgan fingerprint density at radius 1 is 1.23 bits per heavy atom. The van der Waals surface area contributed by atoms with Crippen molar-refractivity contribution in [1.82, 2.24) is 4.90 Å². The summed E-state index contributed by atoms with van der Waals surface area (Å²) in [6, 6.07) is 10.3. The second-order valence-corrected chi connectivity index (χ2v) is 7.52. The van der Waals surface area contributed by atoms with Crippen molar-refractivity contribution in [1.29, 1.82) is 0 Å². The lowest BCUT2D eigenvalue weighted by Gasteiger charge is -2.27. The van der Waals surface area contributed by atoms with Crippen molar-refractivity contribution < 1.29 is 18.8 Å². The van der Waals surface area contributed by atoms with Gasteiger partial charge in [-0.3, -0.25) is 19.8 Å². The van der Waals surface area contributed by atoms with E-state index in [1.54, 1.807) is 0 Å². The van der Waals surface area contributed by atoms with Crippen LogP contribution in [0.1, 0.15) is 37.7 Å². The molecule has 3 rings (SSSR count). The second kappa shape index (κ2) is 9.67. The number of nitrogens with one attached hydrogen (secondary N) is 1. The average molecular weight is 415 g/mol. The third kappa shape index (κ3) is 5.13. The van der Waals surface area contributed by atoms with Gasteiger partial charge in [-0.1, -0.05) is 12.1 Å². The topological polar surface area (TPSA) is 84.7 Å². The Labute approximate surface area is 175 Å². The Bertz CT molecular complexity index is 904. The fraction of sp³-hybridized carbons (Fsp3) is 0.409. The Hall–Kier alpha value is -3.00. The van der Waals surface area contributed by atoms with Crippen LogP contribution in [0.15, 0.2) is 42.5 Å². The van der Waals surface area contributed by atoms with Gasteiger partial charge in [0.15, 0.2) is 0 Å². The van der Waals surface area contributed by atoms with Crippen molar-refractivity contribution in [3.05, 3.63) is 64.0 Å². The highest BCUT2D eigenvalue weighted by Gasteiger charge is 2.26. The van der Waals surface area contributed by atoms with E-state index in [1.165, 1.54) is 37.4 Å². The summed E-state index contributed by atoms with van der Waals surface area (Å²) >= 11 is 0. The molecule has 2 aromatic rings. The van der Waals surface area contributed by atoms with E-state index < -0.39 is 11.0 Å². The molecular weight excluding hydrogens is 389 g/mol. The Morgan fingerprint density at radius 2 is 1.97 bits per heavy atom. The minimum absolute atomic E-state index is 0.115. The van der Waals surface area contributed by atoms with Crippen molar-refractivity contribution >= 4 is 17.3 Å². The van der Waals surface area contributed by atoms with Crippen molar-refractivity contribution in [2.24, 2.45) is 0 Å². The molecule has 2 atom stereocenters. The van der Waals surface area contributed by atoms with E-state index in [-0.39, 0.29) is 23.1 Å². The van der Waals surface area contributed by atoms with Crippen LogP contribution in [0.2, 0.25) is 0 Å². The van der Waals surface area contributed by atoms with Crippen LogP contribution in [-0.2, 0) is 4.79 Å². The number of nitro groups is 1. The summed E-state index contributed by atoms with van der Waals surface area (Å²) in [7, 11) is 1.45. The van der Waals surface area contributed by atoms with Crippen LogP contribution in [0.25, 0.3) is 0 Å². The van der Waals surface area contributed by atoms with Gasteiger partial charge in [-0.25, -0.2) is 4.39 Å². The molecule has 0 radical (unpaired) electrons. The summed E-state index contributed by atoms with van der Waals surface area (Å²) in [5.41, 5.74) is 1.29. The highest BCUT2D eigenvalue weighted by atomic mass is 19.1. The highest BCUT2D eigenvalue weighted by Crippen LogP contribution is 2.31. The van der Waals surface area contributed by atoms with Gasteiger partial charge < -0.3 is 10.1 Å². The minimum Gasteiger partial charge on any atom is -0.495 e. The quantitative estimate of drug-likeness (QED) is 0.560. The smallest absolute Gasteiger partial charge is 0.271 e. The van der Waals surface area contributed by atoms with Gasteiger partial charge in [0.2, 0.25) is 5.91 Å². The second-order valence-electron chi connectivity index (χ2n) is 7.52. The van der Waals surface area contributed by atoms with Gasteiger partial charge in [0.05, 0.1) is 23.8 Å². The van der Waals surface area contributed by atoms with Gasteiger partial charge in [0, 0.05) is 12.1 Å². The lowest BCUT2D eigenvalue weighted by atomic mass is 9.92. The summed E-state index contributed by atoms with van der Waals surface area (Å²) in [4.78, 5) is 25.5. The molecule has 0 saturated carbocycles. The summed E-state index contributed by atoms with van der Waals surface area (Å²) in [5, 5.41) is 13.8. The van der Waals surface area contributed by atoms with Crippen LogP contribution in [0, 0.1) is 15.9 Å². The molecule has 1 aliphatic heterocycles. The number of benzene rings is 2. The number of anilines is 1. The van der Waals surface area contributed by atoms with Crippen molar-refractivity contribution in [3.8, 4) is 5.75 Å². The van der Waals surface area contributed by atoms with Crippen LogP contribution < -0.4 is 10.1 Å². The average Bonchev–Trinajstić information content (AvgIpc) is 3.00. The van der Waals surface area contributed by atoms with Crippen LogP contribution in [-0.4, -0.2) is 42.0 Å². The van der Waals surface area contributed by atoms with E-state index in [2.05, 4.69) is 10.2 Å². The van der Waals surface area contributed by atoms with Gasteiger partial charge in [-0.15, -0.1) is 0 Å². The summed E-state index contributed by atoms with van der Waals surface area (Å²) in [6.07, 6.45) is 2.79. The molecule has 0 aromatic heterocycles. The van der Waals surface area contributed by atoms with E-state index in [4.69, 9.17) is 4.74 Å². The fourth-order valence-corrected chi connectivity index (χ4v) is 3.88. The number of likely N-dealkylation sites (tertiary alicyclic amines) is 1. The van der Waals surface area contributed by atoms with Gasteiger partial charge in [-0.2, -0.15) is 0 Å². The van der Waals surface area contributed by atoms with Crippen molar-refractivity contribution in [2.45, 2.75) is 38.1 Å². The van der Waals surface area contributed by atoms with E-state index in [0.717, 1.165) is 37.9 Å². The largest absolute Gasteiger partial charge is 0.495 e. The summed E-state index contributed by atoms with van der Waals surface area (Å²) in [5.74, 6) is 0.223. The zero-order valence-corrected chi connectivity index (χ0v) is 17.1. The minimum atomic E-state index is -0.511. The summed E-state index contributed by atoms with van der Waals surface area (Å²) < 4.78 is 18.4. The number of nitrogens with zero attached hydrogens (tertiary/aromatic N) is 2. The van der Waals surface area contributed by atoms with Crippen LogP contribution >= 0.6 is 0 Å². The molecule has 160 valence electrons. The number of hydrogen-bond acceptors (Lipinski definition) is 5. The monoisotopic (exact) mass is 415 g/mol. The van der Waals surface area contributed by atoms with Crippen LogP contribution in [0.5, 0.6) is 5.75 Å². The molecule has 1 aliphatic rings. The zero-order chi connectivity index (χ0) is 21.7. The lowest BCUT2D eigenvalue weighted by Crippen LogP contribution is -2.42. The van der Waals surface area contributed by atoms with Gasteiger partial charge >= 0.3 is 0 Å². The number of hydrogen-bond donors (Lipinski definition) is 1. The Kier molecular flexibility index (Phi) is 6.99. The molecule has 1 fully saturated rings. The first-order valence-electron chi connectivity index (χ1n) is 10.0. The molecular formula is C22H26FN3O4. The van der Waals surface area contributed by atoms with E-state index in [0.29, 0.717) is 11.7 Å². The number of ether oxygens (including phenoxy) is 1. The van der Waals surface area contributed by atoms with E-state index in [1.807, 2.05) is 19.1 Å². The molecule has 0 spiro atoms. The van der Waals surface area contributed by atoms with E-state index in [9.17, 15) is 19.3 Å². The van der Waals surface area contributed by atoms with Crippen LogP contribution in [0.3, 0.4) is 0 Å². The first-order valence-corrected chi connectivity index (χ1v) is 10.0. The number of nitro benzene ring substituents is 1. The number of non-ortho nitro benzene ring substituents is 1. The van der Waals surface area contributed by atoms with E-state index >= 15 is 0 Å². The van der Waals surface area contributed by atoms with Gasteiger partial charge in [0.25, 0.3) is 5.69 Å². The normalized spacial score (nSPS) is 18.3. The fourth-order valence-electron chi connectivity index (χ4n) is 3.88. The van der Waals surface area contributed by atoms with Crippen molar-refractivity contribution in [3.63, 3.8) is 0 Å². The number of rotatable bonds is 6. The molecule has 2 aromatic carbocycles. The Balaban J connectivity index is 1.65. The number of amides is 1. The third-order valence-electron chi connectivity index (χ3n) is 5.68. The molecule has 1 heterocycles. The Morgan fingerprint density at radius 3 is 2.63 bits per heavy atom. The SMILES string of the molecule is COc1ccc([N+](=O)[O-])cc1NC(=O)C(C)N1CCCC(c2ccc(F)cc2)CC1. The first-order chi connectivity index (χ1) is 14.4. The first kappa shape index (κ1) is 21.7. The number of halogens is 1. The predicted molar refractivity (Wildman–Crippen MR) is 112 cm³/mol. The third-order valence-corrected chi connectivity index (χ3v) is 5.68. The van der Waals surface area contributed by atoms with Crippen molar-refractivity contribution in [2.75, 3.05) is 25.5 Å². The predicted octanol–water partition coefficient (Wildman–Crippen LogP) is 4.34. The van der Waals surface area contributed by atoms with Gasteiger partial charge in [0.1, 0.15) is 11.6 Å². The molecule has 7 nitrogen and oxygen atoms in total. The summed E-state index contributed by atoms with van der Waals surface area (Å²) in [6.45, 7) is 3.35. The lowest BCUT2D eigenvalue weighted by molar-refractivity contribution is -0.384. The van der Waals surface area contributed by atoms with Crippen LogP contribution in [0.4, 0.5) is 15.8 Å². The standard InChI is InChI=1S/C22H26FN3O4/c1-15(22(27)24-20-14-19(26(28)29)9-10-21(20)30-2)25-12-3-4-16(11-13-25)17-5-7-18(23)8-6-17/h5-10,14-16H,3-4,11-13H2,1-2H3,(H,24,27). The number of carbonyl (C=O) groups excluding carboxylic acids is 1. The molecule has 0 bridgehead atoms. The molecule has 1 amide bonds. The zero-order valence-electron chi connectivity index (χ0n) is 17.1. The molecule has 1 N–H and O–H groups in total. The molecule has 1 saturated heterocycles. The highest BCUT2D eigenvalue weighted by molar-refractivity contribution is 5.96. The molecule has 8 heteroatoms. The number of methoxy groups -OCH3 is 1. The molecule has 30 heavy (non-hydrogen) atoms. The molecule has 2 unspecified atom stereocenters.